The molecule has 0 saturated heterocycles. The maximum Gasteiger partial charge on any atom is 0.257 e. The Hall–Kier alpha value is -3.37. The van der Waals surface area contributed by atoms with Gasteiger partial charge in [0.2, 0.25) is 0 Å². The van der Waals surface area contributed by atoms with Crippen LogP contribution in [0.1, 0.15) is 21.7 Å². The average Bonchev–Trinajstić information content (AvgIpc) is 3.41. The van der Waals surface area contributed by atoms with Crippen LogP contribution in [0.15, 0.2) is 47.8 Å². The summed E-state index contributed by atoms with van der Waals surface area (Å²) >= 11 is 2.38. The number of ether oxygens (including phenoxy) is 2. The Balaban J connectivity index is 1.46. The molecule has 0 saturated carbocycles. The molecule has 2 aromatic heterocycles. The lowest BCUT2D eigenvalue weighted by molar-refractivity contribution is 0.102. The molecule has 7 nitrogen and oxygen atoms in total. The first-order valence-electron chi connectivity index (χ1n) is 9.15. The first kappa shape index (κ1) is 20.9. The van der Waals surface area contributed by atoms with Crippen LogP contribution in [0.2, 0.25) is 0 Å². The van der Waals surface area contributed by atoms with Gasteiger partial charge in [0.1, 0.15) is 29.6 Å². The molecule has 0 spiro atoms. The number of aryl methyl sites for hydroxylation is 1. The first-order chi connectivity index (χ1) is 15.0. The number of methoxy groups -OCH3 is 1. The van der Waals surface area contributed by atoms with Gasteiger partial charge in [-0.3, -0.25) is 10.1 Å². The van der Waals surface area contributed by atoms with Crippen molar-refractivity contribution in [3.05, 3.63) is 70.6 Å². The van der Waals surface area contributed by atoms with Crippen LogP contribution in [0.4, 0.5) is 9.52 Å². The van der Waals surface area contributed by atoms with E-state index in [0.717, 1.165) is 23.1 Å². The molecule has 0 aliphatic heterocycles. The lowest BCUT2D eigenvalue weighted by Crippen LogP contribution is -2.11. The van der Waals surface area contributed by atoms with Crippen molar-refractivity contribution in [3.8, 4) is 22.8 Å². The van der Waals surface area contributed by atoms with Crippen molar-refractivity contribution >= 4 is 34.1 Å². The second kappa shape index (κ2) is 9.19. The van der Waals surface area contributed by atoms with Crippen molar-refractivity contribution in [2.45, 2.75) is 13.5 Å². The predicted molar refractivity (Wildman–Crippen MR) is 117 cm³/mol. The predicted octanol–water partition coefficient (Wildman–Crippen LogP) is 4.95. The number of hydrogen-bond donors (Lipinski definition) is 1. The Kier molecular flexibility index (Phi) is 6.19. The number of rotatable bonds is 7. The quantitative estimate of drug-likeness (QED) is 0.424. The van der Waals surface area contributed by atoms with Crippen molar-refractivity contribution in [2.75, 3.05) is 12.4 Å². The zero-order valence-electron chi connectivity index (χ0n) is 16.6. The van der Waals surface area contributed by atoms with Gasteiger partial charge in [0.25, 0.3) is 5.91 Å². The number of thiazole rings is 1. The minimum Gasteiger partial charge on any atom is -0.496 e. The minimum atomic E-state index is -0.394. The summed E-state index contributed by atoms with van der Waals surface area (Å²) < 4.78 is 32.9. The molecular weight excluding hydrogens is 439 g/mol. The fraction of sp³-hybridized carbons (Fsp3) is 0.143. The number of hydrogen-bond acceptors (Lipinski definition) is 8. The van der Waals surface area contributed by atoms with Crippen LogP contribution in [-0.4, -0.2) is 26.7 Å². The highest BCUT2D eigenvalue weighted by Crippen LogP contribution is 2.33. The maximum atomic E-state index is 13.7. The van der Waals surface area contributed by atoms with Gasteiger partial charge >= 0.3 is 0 Å². The molecule has 1 N–H and O–H groups in total. The number of nitrogens with one attached hydrogen (secondary N) is 1. The van der Waals surface area contributed by atoms with E-state index in [-0.39, 0.29) is 12.5 Å². The van der Waals surface area contributed by atoms with Crippen molar-refractivity contribution in [2.24, 2.45) is 0 Å². The van der Waals surface area contributed by atoms with Crippen molar-refractivity contribution in [3.63, 3.8) is 0 Å². The van der Waals surface area contributed by atoms with Crippen molar-refractivity contribution < 1.29 is 18.7 Å². The molecule has 1 amide bonds. The molecule has 0 bridgehead atoms. The number of carbonyl (C=O) groups is 1. The third kappa shape index (κ3) is 4.86. The van der Waals surface area contributed by atoms with Crippen LogP contribution in [-0.2, 0) is 6.61 Å². The van der Waals surface area contributed by atoms with Crippen LogP contribution in [0.3, 0.4) is 0 Å². The second-order valence-corrected chi connectivity index (χ2v) is 7.84. The van der Waals surface area contributed by atoms with Gasteiger partial charge in [0.15, 0.2) is 5.13 Å². The van der Waals surface area contributed by atoms with Gasteiger partial charge in [-0.1, -0.05) is 6.07 Å². The van der Waals surface area contributed by atoms with Gasteiger partial charge in [0, 0.05) is 16.5 Å². The van der Waals surface area contributed by atoms with Gasteiger partial charge in [-0.05, 0) is 43.3 Å². The SMILES string of the molecule is COc1ccc(F)cc1-c1csc(NC(=O)c2cccc(OCc3nsnc3C)c2)n1. The summed E-state index contributed by atoms with van der Waals surface area (Å²) in [6.45, 7) is 2.15. The third-order valence-electron chi connectivity index (χ3n) is 4.38. The standard InChI is InChI=1S/C21H17FN4O3S2/c1-12-17(26-31-25-12)10-29-15-5-3-4-13(8-15)20(27)24-21-23-18(11-30-21)16-9-14(22)6-7-19(16)28-2/h3-9,11H,10H2,1-2H3,(H,23,24,27). The number of benzene rings is 2. The molecular formula is C21H17FN4O3S2. The smallest absolute Gasteiger partial charge is 0.257 e. The highest BCUT2D eigenvalue weighted by Gasteiger charge is 2.14. The van der Waals surface area contributed by atoms with Crippen LogP contribution in [0, 0.1) is 12.7 Å². The summed E-state index contributed by atoms with van der Waals surface area (Å²) in [5.41, 5.74) is 3.05. The molecule has 2 heterocycles. The number of anilines is 1. The average molecular weight is 457 g/mol. The first-order valence-corrected chi connectivity index (χ1v) is 10.8. The molecule has 158 valence electrons. The summed E-state index contributed by atoms with van der Waals surface area (Å²) in [7, 11) is 1.51. The molecule has 4 aromatic rings. The summed E-state index contributed by atoms with van der Waals surface area (Å²) in [6.07, 6.45) is 0. The fourth-order valence-electron chi connectivity index (χ4n) is 2.76. The Morgan fingerprint density at radius 2 is 2.06 bits per heavy atom. The molecule has 31 heavy (non-hydrogen) atoms. The van der Waals surface area contributed by atoms with E-state index in [1.165, 1.54) is 36.6 Å². The van der Waals surface area contributed by atoms with E-state index >= 15 is 0 Å². The van der Waals surface area contributed by atoms with E-state index in [1.54, 1.807) is 29.6 Å². The zero-order valence-corrected chi connectivity index (χ0v) is 18.2. The summed E-state index contributed by atoms with van der Waals surface area (Å²) in [6, 6.07) is 11.0. The van der Waals surface area contributed by atoms with E-state index in [0.29, 0.717) is 33.5 Å². The number of nitrogens with zero attached hydrogens (tertiary/aromatic N) is 3. The maximum absolute atomic E-state index is 13.7. The van der Waals surface area contributed by atoms with E-state index in [1.807, 2.05) is 6.92 Å². The number of aromatic nitrogens is 3. The van der Waals surface area contributed by atoms with Gasteiger partial charge in [0.05, 0.1) is 30.2 Å². The molecule has 4 rings (SSSR count). The third-order valence-corrected chi connectivity index (χ3v) is 5.80. The number of halogens is 1. The molecule has 10 heteroatoms. The van der Waals surface area contributed by atoms with E-state index < -0.39 is 5.82 Å². The van der Waals surface area contributed by atoms with Crippen LogP contribution >= 0.6 is 23.1 Å². The Bertz CT molecular complexity index is 1220. The van der Waals surface area contributed by atoms with E-state index in [9.17, 15) is 9.18 Å². The van der Waals surface area contributed by atoms with E-state index in [4.69, 9.17) is 9.47 Å². The van der Waals surface area contributed by atoms with Crippen molar-refractivity contribution in [1.82, 2.24) is 13.7 Å². The molecule has 0 radical (unpaired) electrons. The molecule has 0 fully saturated rings. The highest BCUT2D eigenvalue weighted by molar-refractivity contribution is 7.14. The summed E-state index contributed by atoms with van der Waals surface area (Å²) in [4.78, 5) is 17.1. The highest BCUT2D eigenvalue weighted by atomic mass is 32.1. The monoisotopic (exact) mass is 456 g/mol. The summed E-state index contributed by atoms with van der Waals surface area (Å²) in [5.74, 6) is 0.322. The molecule has 0 atom stereocenters. The molecule has 0 aliphatic carbocycles. The normalized spacial score (nSPS) is 10.7. The van der Waals surface area contributed by atoms with Crippen LogP contribution < -0.4 is 14.8 Å². The molecule has 0 unspecified atom stereocenters. The Morgan fingerprint density at radius 1 is 1.19 bits per heavy atom. The van der Waals surface area contributed by atoms with Crippen LogP contribution in [0.25, 0.3) is 11.3 Å². The zero-order chi connectivity index (χ0) is 21.8. The lowest BCUT2D eigenvalue weighted by atomic mass is 10.1. The Labute approximate surface area is 185 Å². The molecule has 0 aliphatic rings. The fourth-order valence-corrected chi connectivity index (χ4v) is 4.02. The largest absolute Gasteiger partial charge is 0.496 e. The molecule has 2 aromatic carbocycles. The van der Waals surface area contributed by atoms with Crippen molar-refractivity contribution in [1.29, 1.82) is 0 Å². The van der Waals surface area contributed by atoms with Crippen LogP contribution in [0.5, 0.6) is 11.5 Å². The lowest BCUT2D eigenvalue weighted by Gasteiger charge is -2.07. The van der Waals surface area contributed by atoms with Gasteiger partial charge < -0.3 is 9.47 Å². The van der Waals surface area contributed by atoms with Gasteiger partial charge in [-0.2, -0.15) is 8.75 Å². The minimum absolute atomic E-state index is 0.277. The van der Waals surface area contributed by atoms with E-state index in [2.05, 4.69) is 19.0 Å². The Morgan fingerprint density at radius 3 is 2.84 bits per heavy atom. The van der Waals surface area contributed by atoms with Gasteiger partial charge in [-0.25, -0.2) is 9.37 Å². The summed E-state index contributed by atoms with van der Waals surface area (Å²) in [5, 5.41) is 4.89. The number of carbonyl (C=O) groups excluding carboxylic acids is 1. The number of amides is 1. The van der Waals surface area contributed by atoms with Gasteiger partial charge in [-0.15, -0.1) is 11.3 Å². The topological polar surface area (TPSA) is 86.2 Å². The second-order valence-electron chi connectivity index (χ2n) is 6.45.